The Morgan fingerprint density at radius 2 is 2.00 bits per heavy atom. The average molecular weight is 194 g/mol. The Morgan fingerprint density at radius 1 is 1.29 bits per heavy atom. The topological polar surface area (TPSA) is 27.0 Å². The second kappa shape index (κ2) is 5.36. The van der Waals surface area contributed by atoms with E-state index in [0.29, 0.717) is 6.42 Å². The Hall–Kier alpha value is -0.550. The fraction of sp³-hybridized carbons (Fsp3) is 0.917. The molecular weight excluding hydrogens is 172 g/mol. The molecule has 0 aromatic heterocycles. The van der Waals surface area contributed by atoms with Crippen LogP contribution in [-0.4, -0.2) is 24.5 Å². The minimum absolute atomic E-state index is 0.664. The van der Waals surface area contributed by atoms with E-state index in [4.69, 9.17) is 5.26 Å². The summed E-state index contributed by atoms with van der Waals surface area (Å²) in [4.78, 5) is 2.37. The zero-order valence-corrected chi connectivity index (χ0v) is 9.66. The summed E-state index contributed by atoms with van der Waals surface area (Å²) >= 11 is 0. The molecule has 0 amide bonds. The third kappa shape index (κ3) is 2.99. The van der Waals surface area contributed by atoms with Crippen LogP contribution >= 0.6 is 0 Å². The summed E-state index contributed by atoms with van der Waals surface area (Å²) in [6.07, 6.45) is 4.64. The van der Waals surface area contributed by atoms with Crippen LogP contribution in [0, 0.1) is 23.2 Å². The molecule has 2 heteroatoms. The summed E-state index contributed by atoms with van der Waals surface area (Å²) in [5.74, 6) is 1.73. The van der Waals surface area contributed by atoms with Crippen molar-refractivity contribution in [3.05, 3.63) is 0 Å². The van der Waals surface area contributed by atoms with Crippen molar-refractivity contribution >= 4 is 0 Å². The molecule has 0 aromatic rings. The average Bonchev–Trinajstić information content (AvgIpc) is 2.18. The molecule has 0 saturated heterocycles. The Kier molecular flexibility index (Phi) is 4.41. The first-order chi connectivity index (χ1) is 6.65. The summed E-state index contributed by atoms with van der Waals surface area (Å²) < 4.78 is 0. The van der Waals surface area contributed by atoms with Crippen LogP contribution in [0.25, 0.3) is 0 Å². The quantitative estimate of drug-likeness (QED) is 0.690. The lowest BCUT2D eigenvalue weighted by atomic mass is 9.78. The van der Waals surface area contributed by atoms with Crippen molar-refractivity contribution in [2.24, 2.45) is 11.8 Å². The van der Waals surface area contributed by atoms with Crippen molar-refractivity contribution in [3.63, 3.8) is 0 Å². The zero-order valence-electron chi connectivity index (χ0n) is 9.66. The van der Waals surface area contributed by atoms with Crippen LogP contribution < -0.4 is 0 Å². The van der Waals surface area contributed by atoms with E-state index in [9.17, 15) is 0 Å². The lowest BCUT2D eigenvalue weighted by Gasteiger charge is -2.37. The minimum atomic E-state index is 0.664. The van der Waals surface area contributed by atoms with Crippen LogP contribution in [0.5, 0.6) is 0 Å². The van der Waals surface area contributed by atoms with E-state index in [2.05, 4.69) is 31.9 Å². The Morgan fingerprint density at radius 3 is 2.57 bits per heavy atom. The SMILES string of the molecule is CC1CCC(N(C)CCC#N)CC1C. The van der Waals surface area contributed by atoms with Crippen LogP contribution in [0.2, 0.25) is 0 Å². The van der Waals surface area contributed by atoms with Crippen molar-refractivity contribution in [1.82, 2.24) is 4.90 Å². The largest absolute Gasteiger partial charge is 0.302 e. The molecule has 0 N–H and O–H groups in total. The normalized spacial score (nSPS) is 32.9. The van der Waals surface area contributed by atoms with E-state index in [0.717, 1.165) is 24.4 Å². The molecule has 1 fully saturated rings. The summed E-state index contributed by atoms with van der Waals surface area (Å²) in [5.41, 5.74) is 0. The Labute approximate surface area is 87.9 Å². The molecule has 1 saturated carbocycles. The van der Waals surface area contributed by atoms with Gasteiger partial charge in [0, 0.05) is 19.0 Å². The van der Waals surface area contributed by atoms with E-state index in [1.165, 1.54) is 19.3 Å². The smallest absolute Gasteiger partial charge is 0.0635 e. The molecule has 3 unspecified atom stereocenters. The van der Waals surface area contributed by atoms with Gasteiger partial charge in [0.2, 0.25) is 0 Å². The van der Waals surface area contributed by atoms with E-state index >= 15 is 0 Å². The highest BCUT2D eigenvalue weighted by Gasteiger charge is 2.26. The van der Waals surface area contributed by atoms with Gasteiger partial charge in [0.25, 0.3) is 0 Å². The summed E-state index contributed by atoms with van der Waals surface area (Å²) in [6.45, 7) is 5.65. The maximum Gasteiger partial charge on any atom is 0.0635 e. The molecule has 2 nitrogen and oxygen atoms in total. The van der Waals surface area contributed by atoms with Gasteiger partial charge in [0.05, 0.1) is 6.07 Å². The molecule has 1 aliphatic rings. The van der Waals surface area contributed by atoms with E-state index in [1.807, 2.05) is 0 Å². The lowest BCUT2D eigenvalue weighted by molar-refractivity contribution is 0.134. The molecule has 0 aromatic carbocycles. The second-order valence-electron chi connectivity index (χ2n) is 4.81. The van der Waals surface area contributed by atoms with Crippen molar-refractivity contribution in [1.29, 1.82) is 5.26 Å². The first-order valence-corrected chi connectivity index (χ1v) is 5.72. The van der Waals surface area contributed by atoms with Gasteiger partial charge in [0.1, 0.15) is 0 Å². The lowest BCUT2D eigenvalue weighted by Crippen LogP contribution is -2.38. The monoisotopic (exact) mass is 194 g/mol. The first-order valence-electron chi connectivity index (χ1n) is 5.72. The summed E-state index contributed by atoms with van der Waals surface area (Å²) in [6, 6.07) is 2.93. The van der Waals surface area contributed by atoms with Crippen LogP contribution in [0.3, 0.4) is 0 Å². The molecule has 0 aliphatic heterocycles. The van der Waals surface area contributed by atoms with Crippen molar-refractivity contribution in [2.45, 2.75) is 45.6 Å². The van der Waals surface area contributed by atoms with Gasteiger partial charge in [-0.3, -0.25) is 0 Å². The standard InChI is InChI=1S/C12H22N2/c1-10-5-6-12(9-11(10)2)14(3)8-4-7-13/h10-12H,4-6,8-9H2,1-3H3. The summed E-state index contributed by atoms with van der Waals surface area (Å²) in [7, 11) is 2.16. The number of rotatable bonds is 3. The molecule has 80 valence electrons. The summed E-state index contributed by atoms with van der Waals surface area (Å²) in [5, 5.41) is 8.53. The van der Waals surface area contributed by atoms with Crippen LogP contribution in [-0.2, 0) is 0 Å². The minimum Gasteiger partial charge on any atom is -0.302 e. The molecule has 1 aliphatic carbocycles. The van der Waals surface area contributed by atoms with E-state index in [1.54, 1.807) is 0 Å². The Balaban J connectivity index is 2.35. The molecule has 3 atom stereocenters. The molecule has 0 heterocycles. The second-order valence-corrected chi connectivity index (χ2v) is 4.81. The van der Waals surface area contributed by atoms with Gasteiger partial charge in [-0.1, -0.05) is 13.8 Å². The van der Waals surface area contributed by atoms with E-state index < -0.39 is 0 Å². The van der Waals surface area contributed by atoms with Gasteiger partial charge in [0.15, 0.2) is 0 Å². The maximum atomic E-state index is 8.53. The number of nitrogens with zero attached hydrogens (tertiary/aromatic N) is 2. The zero-order chi connectivity index (χ0) is 10.6. The number of hydrogen-bond acceptors (Lipinski definition) is 2. The highest BCUT2D eigenvalue weighted by molar-refractivity contribution is 4.82. The van der Waals surface area contributed by atoms with Gasteiger partial charge < -0.3 is 4.90 Å². The highest BCUT2D eigenvalue weighted by atomic mass is 15.1. The first kappa shape index (κ1) is 11.5. The molecule has 0 radical (unpaired) electrons. The van der Waals surface area contributed by atoms with Crippen molar-refractivity contribution < 1.29 is 0 Å². The number of hydrogen-bond donors (Lipinski definition) is 0. The van der Waals surface area contributed by atoms with Crippen LogP contribution in [0.15, 0.2) is 0 Å². The molecule has 14 heavy (non-hydrogen) atoms. The van der Waals surface area contributed by atoms with Gasteiger partial charge in [-0.25, -0.2) is 0 Å². The van der Waals surface area contributed by atoms with Gasteiger partial charge in [-0.2, -0.15) is 5.26 Å². The Bertz CT molecular complexity index is 207. The fourth-order valence-corrected chi connectivity index (χ4v) is 2.33. The van der Waals surface area contributed by atoms with Crippen LogP contribution in [0.4, 0.5) is 0 Å². The number of nitriles is 1. The van der Waals surface area contributed by atoms with Gasteiger partial charge in [-0.05, 0) is 38.1 Å². The van der Waals surface area contributed by atoms with Gasteiger partial charge in [-0.15, -0.1) is 0 Å². The predicted octanol–water partition coefficient (Wildman–Crippen LogP) is 2.66. The third-order valence-electron chi connectivity index (χ3n) is 3.77. The van der Waals surface area contributed by atoms with Crippen LogP contribution in [0.1, 0.15) is 39.5 Å². The van der Waals surface area contributed by atoms with Gasteiger partial charge >= 0.3 is 0 Å². The third-order valence-corrected chi connectivity index (χ3v) is 3.77. The maximum absolute atomic E-state index is 8.53. The van der Waals surface area contributed by atoms with Crippen molar-refractivity contribution in [2.75, 3.05) is 13.6 Å². The molecule has 0 bridgehead atoms. The molecule has 1 rings (SSSR count). The predicted molar refractivity (Wildman–Crippen MR) is 58.8 cm³/mol. The molecule has 0 spiro atoms. The molecular formula is C12H22N2. The van der Waals surface area contributed by atoms with E-state index in [-0.39, 0.29) is 0 Å². The fourth-order valence-electron chi connectivity index (χ4n) is 2.33. The van der Waals surface area contributed by atoms with Crippen molar-refractivity contribution in [3.8, 4) is 6.07 Å². The highest BCUT2D eigenvalue weighted by Crippen LogP contribution is 2.31.